The van der Waals surface area contributed by atoms with E-state index in [1.165, 1.54) is 6.07 Å². The van der Waals surface area contributed by atoms with E-state index >= 15 is 0 Å². The van der Waals surface area contributed by atoms with E-state index in [1.807, 2.05) is 0 Å². The number of benzene rings is 1. The van der Waals surface area contributed by atoms with Crippen LogP contribution < -0.4 is 15.4 Å². The van der Waals surface area contributed by atoms with Crippen molar-refractivity contribution in [2.24, 2.45) is 0 Å². The van der Waals surface area contributed by atoms with Crippen molar-refractivity contribution < 1.29 is 23.4 Å². The molecule has 0 radical (unpaired) electrons. The number of alkyl halides is 2. The summed E-state index contributed by atoms with van der Waals surface area (Å²) in [5.41, 5.74) is 0.603. The minimum Gasteiger partial charge on any atom is -0.435 e. The number of nitrogens with one attached hydrogen (secondary N) is 2. The number of amides is 2. The van der Waals surface area contributed by atoms with Gasteiger partial charge >= 0.3 is 12.6 Å². The fourth-order valence-corrected chi connectivity index (χ4v) is 2.73. The first-order chi connectivity index (χ1) is 11.1. The Morgan fingerprint density at radius 1 is 1.30 bits per heavy atom. The molecule has 0 aliphatic heterocycles. The van der Waals surface area contributed by atoms with Crippen molar-refractivity contribution in [2.45, 2.75) is 50.9 Å². The van der Waals surface area contributed by atoms with E-state index in [9.17, 15) is 18.7 Å². The van der Waals surface area contributed by atoms with Crippen LogP contribution in [0.1, 0.15) is 31.2 Å². The van der Waals surface area contributed by atoms with Crippen LogP contribution >= 0.6 is 0 Å². The quantitative estimate of drug-likeness (QED) is 0.751. The minimum atomic E-state index is -2.87. The van der Waals surface area contributed by atoms with Gasteiger partial charge < -0.3 is 20.5 Å². The first kappa shape index (κ1) is 17.5. The lowest BCUT2D eigenvalue weighted by molar-refractivity contribution is -0.0504. The third-order valence-corrected chi connectivity index (χ3v) is 3.91. The normalized spacial score (nSPS) is 21.0. The molecule has 5 nitrogen and oxygen atoms in total. The van der Waals surface area contributed by atoms with Crippen LogP contribution in [-0.4, -0.2) is 36.4 Å². The van der Waals surface area contributed by atoms with Crippen molar-refractivity contribution in [1.29, 1.82) is 0 Å². The van der Waals surface area contributed by atoms with Crippen LogP contribution in [0, 0.1) is 0 Å². The van der Waals surface area contributed by atoms with Crippen molar-refractivity contribution in [3.8, 4) is 5.75 Å². The van der Waals surface area contributed by atoms with Crippen LogP contribution in [0.3, 0.4) is 0 Å². The van der Waals surface area contributed by atoms with Crippen molar-refractivity contribution in [2.75, 3.05) is 6.54 Å². The van der Waals surface area contributed by atoms with Gasteiger partial charge in [-0.1, -0.05) is 31.0 Å². The maximum absolute atomic E-state index is 12.3. The smallest absolute Gasteiger partial charge is 0.387 e. The third-order valence-electron chi connectivity index (χ3n) is 3.91. The van der Waals surface area contributed by atoms with E-state index in [0.29, 0.717) is 18.4 Å². The number of hydrogen-bond acceptors (Lipinski definition) is 3. The molecule has 0 bridgehead atoms. The standard InChI is InChI=1S/C16H22F2N2O3/c17-15(18)23-14-8-4-1-5-11(14)9-10-19-16(22)20-12-6-2-3-7-13(12)21/h1,4-5,8,12-13,15,21H,2-3,6-7,9-10H2,(H2,19,20,22)/t12-,13-/m0/s1. The van der Waals surface area contributed by atoms with Crippen LogP contribution in [0.5, 0.6) is 5.75 Å². The summed E-state index contributed by atoms with van der Waals surface area (Å²) in [6, 6.07) is 5.92. The molecule has 0 heterocycles. The Kier molecular flexibility index (Phi) is 6.58. The molecule has 0 unspecified atom stereocenters. The number of carbonyl (C=O) groups excluding carboxylic acids is 1. The van der Waals surface area contributed by atoms with E-state index < -0.39 is 12.7 Å². The molecule has 1 aliphatic carbocycles. The molecule has 1 aromatic carbocycles. The fraction of sp³-hybridized carbons (Fsp3) is 0.562. The topological polar surface area (TPSA) is 70.6 Å². The maximum Gasteiger partial charge on any atom is 0.387 e. The molecule has 128 valence electrons. The van der Waals surface area contributed by atoms with Crippen LogP contribution in [-0.2, 0) is 6.42 Å². The van der Waals surface area contributed by atoms with Gasteiger partial charge in [0.2, 0.25) is 0 Å². The summed E-state index contributed by atoms with van der Waals surface area (Å²) in [5.74, 6) is 0.118. The molecule has 0 aromatic heterocycles. The number of aliphatic hydroxyl groups is 1. The highest BCUT2D eigenvalue weighted by molar-refractivity contribution is 5.74. The lowest BCUT2D eigenvalue weighted by Gasteiger charge is -2.28. The van der Waals surface area contributed by atoms with Crippen molar-refractivity contribution in [3.63, 3.8) is 0 Å². The van der Waals surface area contributed by atoms with E-state index in [4.69, 9.17) is 0 Å². The number of hydrogen-bond donors (Lipinski definition) is 3. The number of rotatable bonds is 6. The molecule has 1 aliphatic rings. The highest BCUT2D eigenvalue weighted by Gasteiger charge is 2.24. The molecule has 23 heavy (non-hydrogen) atoms. The minimum absolute atomic E-state index is 0.118. The van der Waals surface area contributed by atoms with Gasteiger partial charge in [-0.25, -0.2) is 4.79 Å². The molecule has 2 amide bonds. The Labute approximate surface area is 134 Å². The van der Waals surface area contributed by atoms with Gasteiger partial charge in [-0.05, 0) is 30.9 Å². The molecule has 0 spiro atoms. The summed E-state index contributed by atoms with van der Waals surface area (Å²) >= 11 is 0. The zero-order valence-electron chi connectivity index (χ0n) is 12.8. The molecular formula is C16H22F2N2O3. The van der Waals surface area contributed by atoms with Crippen molar-refractivity contribution in [1.82, 2.24) is 10.6 Å². The second-order valence-corrected chi connectivity index (χ2v) is 5.59. The van der Waals surface area contributed by atoms with Crippen LogP contribution in [0.25, 0.3) is 0 Å². The zero-order chi connectivity index (χ0) is 16.7. The van der Waals surface area contributed by atoms with E-state index in [2.05, 4.69) is 15.4 Å². The average Bonchev–Trinajstić information content (AvgIpc) is 2.51. The Balaban J connectivity index is 1.77. The first-order valence-electron chi connectivity index (χ1n) is 7.81. The van der Waals surface area contributed by atoms with Gasteiger partial charge in [-0.2, -0.15) is 8.78 Å². The van der Waals surface area contributed by atoms with Crippen LogP contribution in [0.15, 0.2) is 24.3 Å². The summed E-state index contributed by atoms with van der Waals surface area (Å²) in [4.78, 5) is 11.8. The number of halogens is 2. The molecule has 2 atom stereocenters. The Morgan fingerprint density at radius 3 is 2.78 bits per heavy atom. The summed E-state index contributed by atoms with van der Waals surface area (Å²) in [5, 5.41) is 15.2. The van der Waals surface area contributed by atoms with Crippen molar-refractivity contribution >= 4 is 6.03 Å². The maximum atomic E-state index is 12.3. The van der Waals surface area contributed by atoms with Gasteiger partial charge in [0.25, 0.3) is 0 Å². The number of aliphatic hydroxyl groups excluding tert-OH is 1. The van der Waals surface area contributed by atoms with E-state index in [-0.39, 0.29) is 24.4 Å². The SMILES string of the molecule is O=C(NCCc1ccccc1OC(F)F)N[C@H]1CCCC[C@@H]1O. The van der Waals surface area contributed by atoms with E-state index in [0.717, 1.165) is 19.3 Å². The van der Waals surface area contributed by atoms with Gasteiger partial charge in [0, 0.05) is 6.54 Å². The molecule has 1 saturated carbocycles. The molecule has 0 saturated heterocycles. The predicted octanol–water partition coefficient (Wildman–Crippen LogP) is 2.43. The summed E-state index contributed by atoms with van der Waals surface area (Å²) in [6.45, 7) is -2.58. The first-order valence-corrected chi connectivity index (χ1v) is 7.81. The van der Waals surface area contributed by atoms with E-state index in [1.54, 1.807) is 18.2 Å². The Hall–Kier alpha value is -1.89. The molecule has 3 N–H and O–H groups in total. The molecule has 7 heteroatoms. The number of ether oxygens (including phenoxy) is 1. The third kappa shape index (κ3) is 5.67. The van der Waals surface area contributed by atoms with Gasteiger partial charge in [-0.15, -0.1) is 0 Å². The number of urea groups is 1. The molecule has 1 fully saturated rings. The van der Waals surface area contributed by atoms with Gasteiger partial charge in [0.05, 0.1) is 12.1 Å². The van der Waals surface area contributed by atoms with Crippen molar-refractivity contribution in [3.05, 3.63) is 29.8 Å². The Bertz CT molecular complexity index is 514. The average molecular weight is 328 g/mol. The summed E-state index contributed by atoms with van der Waals surface area (Å²) in [7, 11) is 0. The second-order valence-electron chi connectivity index (χ2n) is 5.59. The highest BCUT2D eigenvalue weighted by atomic mass is 19.3. The summed E-state index contributed by atoms with van der Waals surface area (Å²) in [6.07, 6.45) is 3.30. The molecule has 2 rings (SSSR count). The second kappa shape index (κ2) is 8.67. The lowest BCUT2D eigenvalue weighted by Crippen LogP contribution is -2.49. The predicted molar refractivity (Wildman–Crippen MR) is 81.6 cm³/mol. The summed E-state index contributed by atoms with van der Waals surface area (Å²) < 4.78 is 29.1. The molecule has 1 aromatic rings. The zero-order valence-corrected chi connectivity index (χ0v) is 12.8. The molecular weight excluding hydrogens is 306 g/mol. The number of para-hydroxylation sites is 1. The van der Waals surface area contributed by atoms with Gasteiger partial charge in [-0.3, -0.25) is 0 Å². The van der Waals surface area contributed by atoms with Gasteiger partial charge in [0.15, 0.2) is 0 Å². The largest absolute Gasteiger partial charge is 0.435 e. The lowest BCUT2D eigenvalue weighted by atomic mass is 9.93. The van der Waals surface area contributed by atoms with Gasteiger partial charge in [0.1, 0.15) is 5.75 Å². The van der Waals surface area contributed by atoms with Crippen LogP contribution in [0.2, 0.25) is 0 Å². The fourth-order valence-electron chi connectivity index (χ4n) is 2.73. The Morgan fingerprint density at radius 2 is 2.04 bits per heavy atom. The van der Waals surface area contributed by atoms with Crippen LogP contribution in [0.4, 0.5) is 13.6 Å². The monoisotopic (exact) mass is 328 g/mol. The highest BCUT2D eigenvalue weighted by Crippen LogP contribution is 2.20. The number of carbonyl (C=O) groups is 1.